The Morgan fingerprint density at radius 3 is 2.32 bits per heavy atom. The van der Waals surface area contributed by atoms with Crippen LogP contribution in [0.15, 0.2) is 14.3 Å². The highest BCUT2D eigenvalue weighted by atomic mass is 79.9. The number of thiazole rings is 1. The maximum Gasteiger partial charge on any atom is 0.115 e. The molecule has 0 aliphatic heterocycles. The molecule has 0 radical (unpaired) electrons. The normalized spacial score (nSPS) is 13.2. The van der Waals surface area contributed by atoms with E-state index in [1.54, 1.807) is 22.7 Å². The zero-order valence-corrected chi connectivity index (χ0v) is 16.1. The van der Waals surface area contributed by atoms with Crippen LogP contribution in [0.3, 0.4) is 0 Å². The highest BCUT2D eigenvalue weighted by Gasteiger charge is 2.22. The Balaban J connectivity index is 2.40. The fraction of sp³-hybridized carbons (Fsp3) is 0.462. The van der Waals surface area contributed by atoms with Gasteiger partial charge < -0.3 is 5.32 Å². The first-order valence-corrected chi connectivity index (χ1v) is 9.25. The molecular weight excluding hydrogens is 408 g/mol. The van der Waals surface area contributed by atoms with Crippen molar-refractivity contribution in [2.75, 3.05) is 0 Å². The van der Waals surface area contributed by atoms with Crippen LogP contribution in [0.25, 0.3) is 0 Å². The van der Waals surface area contributed by atoms with Gasteiger partial charge in [-0.2, -0.15) is 0 Å². The molecule has 19 heavy (non-hydrogen) atoms. The number of hydrogen-bond acceptors (Lipinski definition) is 4. The van der Waals surface area contributed by atoms with Crippen LogP contribution < -0.4 is 5.32 Å². The molecule has 1 atom stereocenters. The standard InChI is InChI=1S/C13H16Br2N2S2/c1-6(2)16-11(10-5-9(14)12(15)19-10)13-17-7(3)8(4)18-13/h5-6,11,16H,1-4H3. The third kappa shape index (κ3) is 3.67. The van der Waals surface area contributed by atoms with Gasteiger partial charge in [-0.3, -0.25) is 0 Å². The largest absolute Gasteiger partial charge is 0.301 e. The van der Waals surface area contributed by atoms with E-state index in [0.29, 0.717) is 6.04 Å². The molecule has 2 aromatic heterocycles. The topological polar surface area (TPSA) is 24.9 Å². The molecule has 0 saturated heterocycles. The van der Waals surface area contributed by atoms with Crippen molar-refractivity contribution < 1.29 is 0 Å². The van der Waals surface area contributed by atoms with E-state index in [1.807, 2.05) is 0 Å². The summed E-state index contributed by atoms with van der Waals surface area (Å²) < 4.78 is 2.23. The summed E-state index contributed by atoms with van der Waals surface area (Å²) in [4.78, 5) is 7.28. The molecule has 0 spiro atoms. The van der Waals surface area contributed by atoms with Crippen LogP contribution in [0.4, 0.5) is 0 Å². The third-order valence-electron chi connectivity index (χ3n) is 2.74. The number of halogens is 2. The van der Waals surface area contributed by atoms with Gasteiger partial charge in [0.05, 0.1) is 15.5 Å². The molecule has 104 valence electrons. The van der Waals surface area contributed by atoms with Crippen LogP contribution >= 0.6 is 54.5 Å². The second-order valence-corrected chi connectivity index (χ2v) is 9.21. The molecule has 1 unspecified atom stereocenters. The van der Waals surface area contributed by atoms with E-state index in [2.05, 4.69) is 70.9 Å². The van der Waals surface area contributed by atoms with Gasteiger partial charge in [0.25, 0.3) is 0 Å². The van der Waals surface area contributed by atoms with Crippen molar-refractivity contribution in [3.05, 3.63) is 34.8 Å². The van der Waals surface area contributed by atoms with Gasteiger partial charge in [-0.15, -0.1) is 22.7 Å². The fourth-order valence-electron chi connectivity index (χ4n) is 1.74. The van der Waals surface area contributed by atoms with Crippen LogP contribution in [-0.2, 0) is 0 Å². The van der Waals surface area contributed by atoms with Gasteiger partial charge >= 0.3 is 0 Å². The van der Waals surface area contributed by atoms with Gasteiger partial charge in [0.1, 0.15) is 5.01 Å². The number of rotatable bonds is 4. The average molecular weight is 424 g/mol. The quantitative estimate of drug-likeness (QED) is 0.708. The lowest BCUT2D eigenvalue weighted by atomic mass is 10.2. The number of nitrogens with zero attached hydrogens (tertiary/aromatic N) is 1. The predicted octanol–water partition coefficient (Wildman–Crippen LogP) is 5.43. The molecule has 0 bridgehead atoms. The molecule has 0 saturated carbocycles. The molecule has 6 heteroatoms. The Labute approximate surface area is 138 Å². The maximum absolute atomic E-state index is 4.71. The summed E-state index contributed by atoms with van der Waals surface area (Å²) in [6, 6.07) is 2.75. The third-order valence-corrected chi connectivity index (χ3v) is 7.20. The first-order valence-electron chi connectivity index (χ1n) is 6.03. The summed E-state index contributed by atoms with van der Waals surface area (Å²) in [6.07, 6.45) is 0. The van der Waals surface area contributed by atoms with Crippen LogP contribution in [0.2, 0.25) is 0 Å². The summed E-state index contributed by atoms with van der Waals surface area (Å²) in [7, 11) is 0. The van der Waals surface area contributed by atoms with Crippen LogP contribution in [0, 0.1) is 13.8 Å². The molecule has 2 heterocycles. The van der Waals surface area contributed by atoms with Gasteiger partial charge in [0.15, 0.2) is 0 Å². The molecule has 2 rings (SSSR count). The Morgan fingerprint density at radius 2 is 1.89 bits per heavy atom. The fourth-order valence-corrected chi connectivity index (χ4v) is 4.97. The van der Waals surface area contributed by atoms with E-state index in [4.69, 9.17) is 4.98 Å². The molecule has 0 aliphatic carbocycles. The first kappa shape index (κ1) is 15.6. The van der Waals surface area contributed by atoms with Crippen molar-refractivity contribution in [3.8, 4) is 0 Å². The van der Waals surface area contributed by atoms with Gasteiger partial charge in [-0.05, 0) is 65.6 Å². The second-order valence-electron chi connectivity index (χ2n) is 4.72. The van der Waals surface area contributed by atoms with Crippen molar-refractivity contribution in [3.63, 3.8) is 0 Å². The van der Waals surface area contributed by atoms with Gasteiger partial charge in [0, 0.05) is 20.3 Å². The van der Waals surface area contributed by atoms with Gasteiger partial charge in [-0.25, -0.2) is 4.98 Å². The minimum Gasteiger partial charge on any atom is -0.301 e. The molecule has 0 amide bonds. The Hall–Kier alpha value is 0.250. The molecule has 0 aliphatic rings. The summed E-state index contributed by atoms with van der Waals surface area (Å²) in [5, 5.41) is 4.75. The number of aromatic nitrogens is 1. The Kier molecular flexibility index (Phi) is 5.22. The van der Waals surface area contributed by atoms with E-state index >= 15 is 0 Å². The summed E-state index contributed by atoms with van der Waals surface area (Å²) in [6.45, 7) is 8.53. The molecule has 1 N–H and O–H groups in total. The minimum absolute atomic E-state index is 0.171. The zero-order valence-electron chi connectivity index (χ0n) is 11.3. The Bertz CT molecular complexity index is 490. The molecule has 0 fully saturated rings. The van der Waals surface area contributed by atoms with Crippen molar-refractivity contribution >= 4 is 54.5 Å². The van der Waals surface area contributed by atoms with E-state index in [1.165, 1.54) is 9.75 Å². The van der Waals surface area contributed by atoms with E-state index < -0.39 is 0 Å². The van der Waals surface area contributed by atoms with E-state index in [9.17, 15) is 0 Å². The summed E-state index contributed by atoms with van der Waals surface area (Å²) in [5.41, 5.74) is 1.13. The molecular formula is C13H16Br2N2S2. The monoisotopic (exact) mass is 422 g/mol. The van der Waals surface area contributed by atoms with E-state index in [0.717, 1.165) is 19.0 Å². The average Bonchev–Trinajstić information content (AvgIpc) is 2.81. The molecule has 2 aromatic rings. The number of hydrogen-bond donors (Lipinski definition) is 1. The minimum atomic E-state index is 0.171. The molecule has 0 aromatic carbocycles. The van der Waals surface area contributed by atoms with Gasteiger partial charge in [0.2, 0.25) is 0 Å². The summed E-state index contributed by atoms with van der Waals surface area (Å²) in [5.74, 6) is 0. The van der Waals surface area contributed by atoms with Gasteiger partial charge in [-0.1, -0.05) is 0 Å². The van der Waals surface area contributed by atoms with Crippen molar-refractivity contribution in [2.24, 2.45) is 0 Å². The molecule has 2 nitrogen and oxygen atoms in total. The van der Waals surface area contributed by atoms with Crippen molar-refractivity contribution in [1.82, 2.24) is 10.3 Å². The second kappa shape index (κ2) is 6.35. The highest BCUT2D eigenvalue weighted by molar-refractivity contribution is 9.13. The number of thiophene rings is 1. The van der Waals surface area contributed by atoms with E-state index in [-0.39, 0.29) is 6.04 Å². The van der Waals surface area contributed by atoms with Crippen LogP contribution in [-0.4, -0.2) is 11.0 Å². The number of aryl methyl sites for hydroxylation is 2. The van der Waals surface area contributed by atoms with Crippen LogP contribution in [0.1, 0.15) is 40.3 Å². The maximum atomic E-state index is 4.71. The van der Waals surface area contributed by atoms with Crippen LogP contribution in [0.5, 0.6) is 0 Å². The van der Waals surface area contributed by atoms with Crippen molar-refractivity contribution in [2.45, 2.75) is 39.8 Å². The zero-order chi connectivity index (χ0) is 14.2. The predicted molar refractivity (Wildman–Crippen MR) is 91.4 cm³/mol. The Morgan fingerprint density at radius 1 is 1.21 bits per heavy atom. The lowest BCUT2D eigenvalue weighted by molar-refractivity contribution is 0.532. The lowest BCUT2D eigenvalue weighted by Gasteiger charge is -2.17. The SMILES string of the molecule is Cc1nc(C(NC(C)C)c2cc(Br)c(Br)s2)sc1C. The summed E-state index contributed by atoms with van der Waals surface area (Å²) >= 11 is 10.7. The van der Waals surface area contributed by atoms with Crippen molar-refractivity contribution in [1.29, 1.82) is 0 Å². The lowest BCUT2D eigenvalue weighted by Crippen LogP contribution is -2.28. The highest BCUT2D eigenvalue weighted by Crippen LogP contribution is 2.39. The number of nitrogens with one attached hydrogen (secondary N) is 1. The smallest absolute Gasteiger partial charge is 0.115 e. The first-order chi connectivity index (χ1) is 8.88.